The lowest BCUT2D eigenvalue weighted by atomic mass is 10.7. The summed E-state index contributed by atoms with van der Waals surface area (Å²) in [5, 5.41) is 3.43. The van der Waals surface area contributed by atoms with Crippen molar-refractivity contribution >= 4 is 24.3 Å². The van der Waals surface area contributed by atoms with Gasteiger partial charge in [-0.1, -0.05) is 0 Å². The second-order valence-electron chi connectivity index (χ2n) is 0.918. The minimum Gasteiger partial charge on any atom is -0.276 e. The fourth-order valence-electron chi connectivity index (χ4n) is 0.211. The topological polar surface area (TPSA) is 53.5 Å². The number of hydrogen-bond donors (Lipinski definition) is 2. The van der Waals surface area contributed by atoms with Crippen LogP contribution in [-0.2, 0) is 4.79 Å². The molecule has 4 nitrogen and oxygen atoms in total. The molecule has 0 radical (unpaired) electrons. The number of carbonyl (C=O) groups is 1. The first-order chi connectivity index (χ1) is 3.39. The fourth-order valence-corrected chi connectivity index (χ4v) is 0.515. The molecule has 0 spiro atoms. The van der Waals surface area contributed by atoms with Crippen molar-refractivity contribution in [1.29, 1.82) is 0 Å². The minimum absolute atomic E-state index is 0.177. The molecule has 0 saturated carbocycles. The molecule has 0 atom stereocenters. The molecule has 1 aliphatic heterocycles. The Kier molecular flexibility index (Phi) is 1.16. The van der Waals surface area contributed by atoms with Crippen LogP contribution in [0.4, 0.5) is 0 Å². The van der Waals surface area contributed by atoms with Crippen molar-refractivity contribution in [2.75, 3.05) is 0 Å². The van der Waals surface area contributed by atoms with Crippen LogP contribution >= 0.6 is 12.1 Å². The molecule has 1 amide bonds. The monoisotopic (exact) mass is 117 g/mol. The molecule has 0 fully saturated rings. The summed E-state index contributed by atoms with van der Waals surface area (Å²) in [5.74, 6) is -0.177. The highest BCUT2D eigenvalue weighted by molar-refractivity contribution is 7.96. The molecular weight excluding hydrogens is 114 g/mol. The van der Waals surface area contributed by atoms with Gasteiger partial charge < -0.3 is 0 Å². The zero-order valence-corrected chi connectivity index (χ0v) is 4.16. The molecule has 0 unspecified atom stereocenters. The standard InChI is InChI=1S/C2H3N3OS/c6-2-1-3-5-7-4-2/h1,5H,(H,4,6). The maximum atomic E-state index is 10.1. The highest BCUT2D eigenvalue weighted by atomic mass is 32.2. The highest BCUT2D eigenvalue weighted by Gasteiger charge is 1.97. The summed E-state index contributed by atoms with van der Waals surface area (Å²) in [6.45, 7) is 0. The SMILES string of the molecule is O=C1C=NNSN1. The zero-order chi connectivity index (χ0) is 5.11. The van der Waals surface area contributed by atoms with E-state index >= 15 is 0 Å². The van der Waals surface area contributed by atoms with Gasteiger partial charge in [0.15, 0.2) is 0 Å². The quantitative estimate of drug-likeness (QED) is 0.411. The Morgan fingerprint density at radius 1 is 1.86 bits per heavy atom. The van der Waals surface area contributed by atoms with Crippen molar-refractivity contribution in [3.8, 4) is 0 Å². The number of carbonyl (C=O) groups excluding carboxylic acids is 1. The van der Waals surface area contributed by atoms with Crippen LogP contribution in [0, 0.1) is 0 Å². The third-order valence-corrected chi connectivity index (χ3v) is 0.932. The van der Waals surface area contributed by atoms with Crippen LogP contribution in [0.25, 0.3) is 0 Å². The first-order valence-electron chi connectivity index (χ1n) is 1.63. The normalized spacial score (nSPS) is 18.0. The Balaban J connectivity index is 2.51. The molecule has 0 aromatic carbocycles. The Bertz CT molecular complexity index is 112. The van der Waals surface area contributed by atoms with Gasteiger partial charge >= 0.3 is 0 Å². The molecule has 38 valence electrons. The van der Waals surface area contributed by atoms with Gasteiger partial charge in [-0.2, -0.15) is 5.10 Å². The van der Waals surface area contributed by atoms with Gasteiger partial charge in [0, 0.05) is 0 Å². The van der Waals surface area contributed by atoms with Crippen LogP contribution in [0.1, 0.15) is 0 Å². The van der Waals surface area contributed by atoms with E-state index in [1.807, 2.05) is 0 Å². The van der Waals surface area contributed by atoms with Crippen LogP contribution in [-0.4, -0.2) is 12.1 Å². The molecule has 1 rings (SSSR count). The molecule has 0 saturated heterocycles. The van der Waals surface area contributed by atoms with Gasteiger partial charge in [0.2, 0.25) is 0 Å². The third kappa shape index (κ3) is 1.08. The molecule has 7 heavy (non-hydrogen) atoms. The molecule has 0 aromatic rings. The lowest BCUT2D eigenvalue weighted by Gasteiger charge is -2.01. The maximum absolute atomic E-state index is 10.1. The number of nitrogens with one attached hydrogen (secondary N) is 2. The average Bonchev–Trinajstić information content (AvgIpc) is 1.69. The van der Waals surface area contributed by atoms with Gasteiger partial charge in [-0.15, -0.1) is 0 Å². The van der Waals surface area contributed by atoms with Gasteiger partial charge in [-0.3, -0.25) is 9.52 Å². The van der Waals surface area contributed by atoms with Crippen molar-refractivity contribution in [1.82, 2.24) is 9.55 Å². The summed E-state index contributed by atoms with van der Waals surface area (Å²) in [5.41, 5.74) is 0. The Labute approximate surface area is 44.6 Å². The maximum Gasteiger partial charge on any atom is 0.275 e. The predicted octanol–water partition coefficient (Wildman–Crippen LogP) is -0.745. The van der Waals surface area contributed by atoms with Gasteiger partial charge in [0.1, 0.15) is 6.21 Å². The summed E-state index contributed by atoms with van der Waals surface area (Å²) >= 11 is 1.06. The van der Waals surface area contributed by atoms with Gasteiger partial charge in [-0.25, -0.2) is 4.83 Å². The van der Waals surface area contributed by atoms with E-state index in [1.165, 1.54) is 6.21 Å². The molecule has 5 heteroatoms. The van der Waals surface area contributed by atoms with Crippen molar-refractivity contribution in [2.24, 2.45) is 5.10 Å². The average molecular weight is 117 g/mol. The number of nitrogens with zero attached hydrogens (tertiary/aromatic N) is 1. The Morgan fingerprint density at radius 2 is 2.71 bits per heavy atom. The largest absolute Gasteiger partial charge is 0.276 e. The van der Waals surface area contributed by atoms with E-state index in [4.69, 9.17) is 0 Å². The summed E-state index contributed by atoms with van der Waals surface area (Å²) < 4.78 is 2.40. The summed E-state index contributed by atoms with van der Waals surface area (Å²) in [6.07, 6.45) is 1.18. The third-order valence-electron chi connectivity index (χ3n) is 0.432. The van der Waals surface area contributed by atoms with E-state index in [2.05, 4.69) is 14.7 Å². The van der Waals surface area contributed by atoms with Gasteiger partial charge in [0.05, 0.1) is 12.1 Å². The molecule has 0 bridgehead atoms. The van der Waals surface area contributed by atoms with Crippen LogP contribution in [0.15, 0.2) is 5.10 Å². The summed E-state index contributed by atoms with van der Waals surface area (Å²) in [4.78, 5) is 12.6. The molecule has 2 N–H and O–H groups in total. The molecule has 1 heterocycles. The van der Waals surface area contributed by atoms with E-state index in [0.29, 0.717) is 0 Å². The van der Waals surface area contributed by atoms with Crippen molar-refractivity contribution in [3.63, 3.8) is 0 Å². The van der Waals surface area contributed by atoms with E-state index < -0.39 is 0 Å². The molecule has 1 aliphatic rings. The van der Waals surface area contributed by atoms with Crippen molar-refractivity contribution in [2.45, 2.75) is 0 Å². The molecule has 0 aliphatic carbocycles. The number of hydrazone groups is 1. The van der Waals surface area contributed by atoms with Crippen LogP contribution in [0.3, 0.4) is 0 Å². The smallest absolute Gasteiger partial charge is 0.275 e. The molecular formula is C2H3N3OS. The first kappa shape index (κ1) is 4.45. The second-order valence-corrected chi connectivity index (χ2v) is 1.51. The number of amides is 1. The number of rotatable bonds is 0. The second kappa shape index (κ2) is 1.83. The van der Waals surface area contributed by atoms with Crippen LogP contribution in [0.2, 0.25) is 0 Å². The summed E-state index contributed by atoms with van der Waals surface area (Å²) in [6, 6.07) is 0. The van der Waals surface area contributed by atoms with E-state index in [1.54, 1.807) is 0 Å². The Morgan fingerprint density at radius 3 is 3.00 bits per heavy atom. The van der Waals surface area contributed by atoms with Gasteiger partial charge in [-0.05, 0) is 0 Å². The van der Waals surface area contributed by atoms with Crippen LogP contribution < -0.4 is 9.55 Å². The van der Waals surface area contributed by atoms with E-state index in [-0.39, 0.29) is 5.91 Å². The van der Waals surface area contributed by atoms with Crippen molar-refractivity contribution in [3.05, 3.63) is 0 Å². The van der Waals surface area contributed by atoms with E-state index in [0.717, 1.165) is 12.1 Å². The highest BCUT2D eigenvalue weighted by Crippen LogP contribution is 1.86. The Hall–Kier alpha value is -0.710. The number of hydrogen-bond acceptors (Lipinski definition) is 4. The first-order valence-corrected chi connectivity index (χ1v) is 2.45. The van der Waals surface area contributed by atoms with Gasteiger partial charge in [0.25, 0.3) is 5.91 Å². The van der Waals surface area contributed by atoms with E-state index in [9.17, 15) is 4.79 Å². The molecule has 0 aromatic heterocycles. The fraction of sp³-hybridized carbons (Fsp3) is 0. The van der Waals surface area contributed by atoms with Crippen molar-refractivity contribution < 1.29 is 4.79 Å². The predicted molar refractivity (Wildman–Crippen MR) is 27.4 cm³/mol. The van der Waals surface area contributed by atoms with Crippen LogP contribution in [0.5, 0.6) is 0 Å². The lowest BCUT2D eigenvalue weighted by Crippen LogP contribution is -2.25. The minimum atomic E-state index is -0.177. The lowest BCUT2D eigenvalue weighted by molar-refractivity contribution is -0.112. The summed E-state index contributed by atoms with van der Waals surface area (Å²) in [7, 11) is 0. The zero-order valence-electron chi connectivity index (χ0n) is 3.34.